The quantitative estimate of drug-likeness (QED) is 0.793. The summed E-state index contributed by atoms with van der Waals surface area (Å²) in [5.74, 6) is 0.317. The summed E-state index contributed by atoms with van der Waals surface area (Å²) >= 11 is 0. The molecule has 3 heteroatoms. The van der Waals surface area contributed by atoms with Crippen LogP contribution in [0.15, 0.2) is 18.2 Å². The number of carbonyl (C=O) groups excluding carboxylic acids is 1. The van der Waals surface area contributed by atoms with Gasteiger partial charge >= 0.3 is 0 Å². The second-order valence-electron chi connectivity index (χ2n) is 4.27. The largest absolute Gasteiger partial charge is 0.326 e. The average Bonchev–Trinajstić information content (AvgIpc) is 2.89. The molecule has 0 spiro atoms. The van der Waals surface area contributed by atoms with E-state index in [0.29, 0.717) is 17.2 Å². The van der Waals surface area contributed by atoms with E-state index < -0.39 is 0 Å². The molecule has 0 heterocycles. The molecule has 1 N–H and O–H groups in total. The van der Waals surface area contributed by atoms with Crippen LogP contribution in [-0.4, -0.2) is 5.91 Å². The minimum Gasteiger partial charge on any atom is -0.326 e. The van der Waals surface area contributed by atoms with Gasteiger partial charge in [0.05, 0.1) is 0 Å². The maximum atomic E-state index is 13.2. The van der Waals surface area contributed by atoms with Gasteiger partial charge in [-0.1, -0.05) is 13.0 Å². The van der Waals surface area contributed by atoms with Crippen LogP contribution in [0.5, 0.6) is 0 Å². The number of carbonyl (C=O) groups is 1. The smallest absolute Gasteiger partial charge is 0.227 e. The molecule has 1 amide bonds. The van der Waals surface area contributed by atoms with Crippen molar-refractivity contribution in [2.75, 3.05) is 5.32 Å². The Labute approximate surface area is 88.5 Å². The van der Waals surface area contributed by atoms with Crippen LogP contribution in [0, 0.1) is 24.6 Å². The molecule has 1 aliphatic carbocycles. The molecule has 2 nitrogen and oxygen atoms in total. The molecule has 1 saturated carbocycles. The predicted molar refractivity (Wildman–Crippen MR) is 57.0 cm³/mol. The first kappa shape index (κ1) is 10.1. The summed E-state index contributed by atoms with van der Waals surface area (Å²) in [5, 5.41) is 2.72. The lowest BCUT2D eigenvalue weighted by atomic mass is 10.2. The van der Waals surface area contributed by atoms with Crippen LogP contribution >= 0.6 is 0 Å². The molecule has 0 bridgehead atoms. The minimum atomic E-state index is -0.281. The van der Waals surface area contributed by atoms with Crippen LogP contribution in [0.1, 0.15) is 18.9 Å². The van der Waals surface area contributed by atoms with E-state index in [-0.39, 0.29) is 17.6 Å². The van der Waals surface area contributed by atoms with Gasteiger partial charge in [0.25, 0.3) is 0 Å². The van der Waals surface area contributed by atoms with E-state index in [0.717, 1.165) is 6.42 Å². The Morgan fingerprint density at radius 3 is 2.73 bits per heavy atom. The summed E-state index contributed by atoms with van der Waals surface area (Å²) in [4.78, 5) is 11.5. The highest BCUT2D eigenvalue weighted by molar-refractivity contribution is 5.94. The van der Waals surface area contributed by atoms with E-state index in [9.17, 15) is 9.18 Å². The molecule has 0 radical (unpaired) electrons. The van der Waals surface area contributed by atoms with Crippen molar-refractivity contribution in [2.45, 2.75) is 20.3 Å². The van der Waals surface area contributed by atoms with Crippen LogP contribution in [0.4, 0.5) is 10.1 Å². The molecule has 0 aliphatic heterocycles. The standard InChI is InChI=1S/C12H14FNO/c1-7-3-4-9(6-11(7)13)14-12(15)10-5-8(10)2/h3-4,6,8,10H,5H2,1-2H3,(H,14,15). The maximum Gasteiger partial charge on any atom is 0.227 e. The number of benzene rings is 1. The number of hydrogen-bond donors (Lipinski definition) is 1. The van der Waals surface area contributed by atoms with E-state index >= 15 is 0 Å². The van der Waals surface area contributed by atoms with Crippen LogP contribution in [0.25, 0.3) is 0 Å². The van der Waals surface area contributed by atoms with E-state index in [4.69, 9.17) is 0 Å². The van der Waals surface area contributed by atoms with Gasteiger partial charge in [-0.15, -0.1) is 0 Å². The van der Waals surface area contributed by atoms with Crippen LogP contribution in [-0.2, 0) is 4.79 Å². The molecule has 1 aliphatic rings. The van der Waals surface area contributed by atoms with Gasteiger partial charge < -0.3 is 5.32 Å². The second kappa shape index (κ2) is 3.65. The lowest BCUT2D eigenvalue weighted by Gasteiger charge is -2.05. The van der Waals surface area contributed by atoms with E-state index in [1.165, 1.54) is 6.07 Å². The Balaban J connectivity index is 2.04. The predicted octanol–water partition coefficient (Wildman–Crippen LogP) is 2.73. The Kier molecular flexibility index (Phi) is 2.47. The monoisotopic (exact) mass is 207 g/mol. The molecule has 2 atom stereocenters. The van der Waals surface area contributed by atoms with Crippen LogP contribution < -0.4 is 5.32 Å². The third kappa shape index (κ3) is 2.17. The lowest BCUT2D eigenvalue weighted by Crippen LogP contribution is -2.14. The summed E-state index contributed by atoms with van der Waals surface area (Å²) in [7, 11) is 0. The van der Waals surface area contributed by atoms with Crippen molar-refractivity contribution in [1.82, 2.24) is 0 Å². The molecule has 1 aromatic carbocycles. The van der Waals surface area contributed by atoms with Gasteiger partial charge in [0.1, 0.15) is 5.82 Å². The van der Waals surface area contributed by atoms with Crippen LogP contribution in [0.3, 0.4) is 0 Å². The zero-order chi connectivity index (χ0) is 11.0. The third-order valence-electron chi connectivity index (χ3n) is 2.89. The molecular formula is C12H14FNO. The molecular weight excluding hydrogens is 193 g/mol. The summed E-state index contributed by atoms with van der Waals surface area (Å²) in [6, 6.07) is 4.75. The van der Waals surface area contributed by atoms with Crippen molar-refractivity contribution < 1.29 is 9.18 Å². The Morgan fingerprint density at radius 2 is 2.20 bits per heavy atom. The second-order valence-corrected chi connectivity index (χ2v) is 4.27. The molecule has 15 heavy (non-hydrogen) atoms. The van der Waals surface area contributed by atoms with Crippen molar-refractivity contribution in [3.8, 4) is 0 Å². The van der Waals surface area contributed by atoms with E-state index in [2.05, 4.69) is 5.32 Å². The average molecular weight is 207 g/mol. The SMILES string of the molecule is Cc1ccc(NC(=O)C2CC2C)cc1F. The fourth-order valence-corrected chi connectivity index (χ4v) is 1.59. The van der Waals surface area contributed by atoms with Crippen molar-refractivity contribution in [3.05, 3.63) is 29.6 Å². The zero-order valence-corrected chi connectivity index (χ0v) is 8.88. The number of halogens is 1. The molecule has 1 fully saturated rings. The lowest BCUT2D eigenvalue weighted by molar-refractivity contribution is -0.117. The first-order valence-corrected chi connectivity index (χ1v) is 5.15. The molecule has 2 rings (SSSR count). The van der Waals surface area contributed by atoms with Crippen molar-refractivity contribution in [1.29, 1.82) is 0 Å². The van der Waals surface area contributed by atoms with Gasteiger partial charge in [0, 0.05) is 11.6 Å². The Hall–Kier alpha value is -1.38. The number of nitrogens with one attached hydrogen (secondary N) is 1. The zero-order valence-electron chi connectivity index (χ0n) is 8.88. The van der Waals surface area contributed by atoms with Gasteiger partial charge in [-0.25, -0.2) is 4.39 Å². The number of aryl methyl sites for hydroxylation is 1. The molecule has 0 aromatic heterocycles. The molecule has 0 saturated heterocycles. The summed E-state index contributed by atoms with van der Waals surface area (Å²) in [5.41, 5.74) is 1.13. The van der Waals surface area contributed by atoms with Gasteiger partial charge in [0.2, 0.25) is 5.91 Å². The summed E-state index contributed by atoms with van der Waals surface area (Å²) in [6.45, 7) is 3.74. The van der Waals surface area contributed by atoms with Crippen LogP contribution in [0.2, 0.25) is 0 Å². The van der Waals surface area contributed by atoms with Gasteiger partial charge in [-0.05, 0) is 37.0 Å². The first-order chi connectivity index (χ1) is 7.08. The number of amides is 1. The first-order valence-electron chi connectivity index (χ1n) is 5.15. The third-order valence-corrected chi connectivity index (χ3v) is 2.89. The molecule has 1 aromatic rings. The number of rotatable bonds is 2. The minimum absolute atomic E-state index is 0.00533. The van der Waals surface area contributed by atoms with Gasteiger partial charge in [0.15, 0.2) is 0 Å². The van der Waals surface area contributed by atoms with E-state index in [1.807, 2.05) is 6.92 Å². The highest BCUT2D eigenvalue weighted by atomic mass is 19.1. The van der Waals surface area contributed by atoms with Crippen molar-refractivity contribution in [2.24, 2.45) is 11.8 Å². The highest BCUT2D eigenvalue weighted by Gasteiger charge is 2.39. The Morgan fingerprint density at radius 1 is 1.53 bits per heavy atom. The van der Waals surface area contributed by atoms with Crippen molar-refractivity contribution >= 4 is 11.6 Å². The number of anilines is 1. The maximum absolute atomic E-state index is 13.2. The highest BCUT2D eigenvalue weighted by Crippen LogP contribution is 2.38. The van der Waals surface area contributed by atoms with E-state index in [1.54, 1.807) is 19.1 Å². The fourth-order valence-electron chi connectivity index (χ4n) is 1.59. The normalized spacial score (nSPS) is 23.7. The van der Waals surface area contributed by atoms with Gasteiger partial charge in [-0.3, -0.25) is 4.79 Å². The number of hydrogen-bond acceptors (Lipinski definition) is 1. The molecule has 2 unspecified atom stereocenters. The van der Waals surface area contributed by atoms with Crippen molar-refractivity contribution in [3.63, 3.8) is 0 Å². The Bertz CT molecular complexity index is 403. The van der Waals surface area contributed by atoms with Gasteiger partial charge in [-0.2, -0.15) is 0 Å². The topological polar surface area (TPSA) is 29.1 Å². The fraction of sp³-hybridized carbons (Fsp3) is 0.417. The summed E-state index contributed by atoms with van der Waals surface area (Å²) < 4.78 is 13.2. The molecule has 80 valence electrons. The summed E-state index contributed by atoms with van der Waals surface area (Å²) in [6.07, 6.45) is 0.945.